The summed E-state index contributed by atoms with van der Waals surface area (Å²) in [6, 6.07) is 6.16. The number of halogens is 1. The number of hydrogen-bond acceptors (Lipinski definition) is 5. The zero-order valence-corrected chi connectivity index (χ0v) is 13.4. The molecule has 1 saturated heterocycles. The Morgan fingerprint density at radius 1 is 1.52 bits per heavy atom. The Balaban J connectivity index is 2.13. The van der Waals surface area contributed by atoms with Crippen molar-refractivity contribution in [3.8, 4) is 0 Å². The number of nitrogen functional groups attached to an aromatic ring is 1. The van der Waals surface area contributed by atoms with E-state index in [9.17, 15) is 5.11 Å². The van der Waals surface area contributed by atoms with Crippen molar-refractivity contribution in [1.29, 1.82) is 0 Å². The van der Waals surface area contributed by atoms with Crippen molar-refractivity contribution in [1.82, 2.24) is 4.98 Å². The maximum atomic E-state index is 9.37. The quantitative estimate of drug-likeness (QED) is 0.867. The van der Waals surface area contributed by atoms with Crippen molar-refractivity contribution in [3.05, 3.63) is 28.9 Å². The van der Waals surface area contributed by atoms with E-state index in [1.165, 1.54) is 0 Å². The van der Waals surface area contributed by atoms with Crippen molar-refractivity contribution in [2.24, 2.45) is 0 Å². The summed E-state index contributed by atoms with van der Waals surface area (Å²) in [4.78, 5) is 6.59. The van der Waals surface area contributed by atoms with Crippen LogP contribution in [0, 0.1) is 0 Å². The van der Waals surface area contributed by atoms with Gasteiger partial charge < -0.3 is 20.5 Å². The van der Waals surface area contributed by atoms with Gasteiger partial charge in [0.2, 0.25) is 0 Å². The van der Waals surface area contributed by atoms with Crippen LogP contribution in [-0.2, 0) is 4.74 Å². The molecule has 6 heteroatoms. The molecule has 3 rings (SSSR count). The van der Waals surface area contributed by atoms with Gasteiger partial charge in [0.05, 0.1) is 42.4 Å². The lowest BCUT2D eigenvalue weighted by Gasteiger charge is -2.40. The van der Waals surface area contributed by atoms with E-state index in [4.69, 9.17) is 10.5 Å². The number of aliphatic hydroxyl groups excluding tert-OH is 1. The molecular formula is C15H18BrN3O2. The summed E-state index contributed by atoms with van der Waals surface area (Å²) in [6.07, 6.45) is 1.51. The lowest BCUT2D eigenvalue weighted by Crippen LogP contribution is -2.50. The van der Waals surface area contributed by atoms with Crippen LogP contribution in [0.25, 0.3) is 10.9 Å². The largest absolute Gasteiger partial charge is 0.396 e. The number of benzene rings is 1. The summed E-state index contributed by atoms with van der Waals surface area (Å²) in [5.41, 5.74) is 8.71. The van der Waals surface area contributed by atoms with Crippen LogP contribution in [0.4, 0.5) is 11.4 Å². The van der Waals surface area contributed by atoms with Gasteiger partial charge in [0.15, 0.2) is 0 Å². The van der Waals surface area contributed by atoms with Crippen LogP contribution in [0.5, 0.6) is 0 Å². The Bertz CT molecular complexity index is 659. The van der Waals surface area contributed by atoms with E-state index in [1.54, 1.807) is 6.20 Å². The molecule has 21 heavy (non-hydrogen) atoms. The van der Waals surface area contributed by atoms with Crippen LogP contribution >= 0.6 is 15.9 Å². The molecule has 0 bridgehead atoms. The van der Waals surface area contributed by atoms with E-state index in [1.807, 2.05) is 18.2 Å². The van der Waals surface area contributed by atoms with Gasteiger partial charge in [-0.1, -0.05) is 15.9 Å². The molecule has 0 radical (unpaired) electrons. The number of morpholine rings is 1. The zero-order valence-electron chi connectivity index (χ0n) is 11.8. The minimum Gasteiger partial charge on any atom is -0.396 e. The standard InChI is InChI=1S/C15H18BrN3O2/c1-9-8-21-11(7-20)6-19(9)15-12-4-10(16)2-3-14(12)18-5-13(15)17/h2-5,9,11,20H,6-8,17H2,1H3. The second-order valence-corrected chi connectivity index (χ2v) is 6.28. The average molecular weight is 352 g/mol. The van der Waals surface area contributed by atoms with Gasteiger partial charge >= 0.3 is 0 Å². The van der Waals surface area contributed by atoms with E-state index >= 15 is 0 Å². The van der Waals surface area contributed by atoms with Crippen LogP contribution in [0.3, 0.4) is 0 Å². The summed E-state index contributed by atoms with van der Waals surface area (Å²) in [7, 11) is 0. The number of nitrogens with two attached hydrogens (primary N) is 1. The molecule has 1 aromatic carbocycles. The highest BCUT2D eigenvalue weighted by molar-refractivity contribution is 9.10. The van der Waals surface area contributed by atoms with E-state index in [2.05, 4.69) is 32.7 Å². The zero-order chi connectivity index (χ0) is 15.0. The summed E-state index contributed by atoms with van der Waals surface area (Å²) >= 11 is 3.50. The van der Waals surface area contributed by atoms with Gasteiger partial charge in [-0.3, -0.25) is 4.98 Å². The maximum absolute atomic E-state index is 9.37. The number of pyridine rings is 1. The number of aromatic nitrogens is 1. The first kappa shape index (κ1) is 14.6. The third kappa shape index (κ3) is 2.71. The predicted molar refractivity (Wildman–Crippen MR) is 87.5 cm³/mol. The molecule has 0 saturated carbocycles. The van der Waals surface area contributed by atoms with E-state index in [0.717, 1.165) is 21.1 Å². The maximum Gasteiger partial charge on any atom is 0.0981 e. The van der Waals surface area contributed by atoms with Crippen LogP contribution in [0.1, 0.15) is 6.92 Å². The van der Waals surface area contributed by atoms with Crippen molar-refractivity contribution in [2.75, 3.05) is 30.4 Å². The van der Waals surface area contributed by atoms with Crippen molar-refractivity contribution in [3.63, 3.8) is 0 Å². The van der Waals surface area contributed by atoms with E-state index in [0.29, 0.717) is 18.8 Å². The fraction of sp³-hybridized carbons (Fsp3) is 0.400. The molecule has 2 unspecified atom stereocenters. The van der Waals surface area contributed by atoms with Crippen LogP contribution < -0.4 is 10.6 Å². The highest BCUT2D eigenvalue weighted by atomic mass is 79.9. The monoisotopic (exact) mass is 351 g/mol. The summed E-state index contributed by atoms with van der Waals surface area (Å²) in [5, 5.41) is 10.4. The van der Waals surface area contributed by atoms with Crippen molar-refractivity contribution < 1.29 is 9.84 Å². The van der Waals surface area contributed by atoms with Crippen molar-refractivity contribution in [2.45, 2.75) is 19.1 Å². The molecule has 2 aromatic rings. The van der Waals surface area contributed by atoms with Crippen LogP contribution in [0.15, 0.2) is 28.9 Å². The molecular weight excluding hydrogens is 334 g/mol. The first-order chi connectivity index (χ1) is 10.1. The normalized spacial score (nSPS) is 22.7. The number of hydrogen-bond donors (Lipinski definition) is 2. The first-order valence-corrected chi connectivity index (χ1v) is 7.72. The number of anilines is 2. The first-order valence-electron chi connectivity index (χ1n) is 6.93. The predicted octanol–water partition coefficient (Wildman–Crippen LogP) is 2.17. The third-order valence-electron chi connectivity index (χ3n) is 3.83. The number of fused-ring (bicyclic) bond motifs is 1. The second-order valence-electron chi connectivity index (χ2n) is 5.36. The number of rotatable bonds is 2. The second kappa shape index (κ2) is 5.79. The van der Waals surface area contributed by atoms with Gasteiger partial charge in [-0.15, -0.1) is 0 Å². The Kier molecular flexibility index (Phi) is 4.01. The van der Waals surface area contributed by atoms with Gasteiger partial charge in [-0.05, 0) is 25.1 Å². The fourth-order valence-corrected chi connectivity index (χ4v) is 3.09. The minimum atomic E-state index is -0.184. The summed E-state index contributed by atoms with van der Waals surface area (Å²) in [6.45, 7) is 3.29. The third-order valence-corrected chi connectivity index (χ3v) is 4.32. The van der Waals surface area contributed by atoms with Gasteiger partial charge in [-0.2, -0.15) is 0 Å². The molecule has 112 valence electrons. The lowest BCUT2D eigenvalue weighted by molar-refractivity contribution is -0.0102. The molecule has 1 fully saturated rings. The molecule has 2 atom stereocenters. The molecule has 0 aliphatic carbocycles. The van der Waals surface area contributed by atoms with Gasteiger partial charge in [-0.25, -0.2) is 0 Å². The number of aliphatic hydroxyl groups is 1. The Labute approximate surface area is 131 Å². The number of nitrogens with zero attached hydrogens (tertiary/aromatic N) is 2. The highest BCUT2D eigenvalue weighted by Gasteiger charge is 2.28. The van der Waals surface area contributed by atoms with Gasteiger partial charge in [0, 0.05) is 22.4 Å². The summed E-state index contributed by atoms with van der Waals surface area (Å²) < 4.78 is 6.60. The highest BCUT2D eigenvalue weighted by Crippen LogP contribution is 2.35. The fourth-order valence-electron chi connectivity index (χ4n) is 2.73. The Hall–Kier alpha value is -1.37. The van der Waals surface area contributed by atoms with E-state index in [-0.39, 0.29) is 18.8 Å². The molecule has 5 nitrogen and oxygen atoms in total. The summed E-state index contributed by atoms with van der Waals surface area (Å²) in [5.74, 6) is 0. The van der Waals surface area contributed by atoms with Crippen LogP contribution in [0.2, 0.25) is 0 Å². The molecule has 2 heterocycles. The van der Waals surface area contributed by atoms with Gasteiger partial charge in [0.25, 0.3) is 0 Å². The van der Waals surface area contributed by atoms with Crippen LogP contribution in [-0.4, -0.2) is 42.0 Å². The molecule has 0 spiro atoms. The smallest absolute Gasteiger partial charge is 0.0981 e. The topological polar surface area (TPSA) is 71.6 Å². The molecule has 1 aliphatic rings. The van der Waals surface area contributed by atoms with Crippen molar-refractivity contribution >= 4 is 38.2 Å². The molecule has 1 aliphatic heterocycles. The molecule has 1 aromatic heterocycles. The molecule has 3 N–H and O–H groups in total. The number of ether oxygens (including phenoxy) is 1. The SMILES string of the molecule is CC1COC(CO)CN1c1c(N)cnc2ccc(Br)cc12. The minimum absolute atomic E-state index is 0.00976. The lowest BCUT2D eigenvalue weighted by atomic mass is 10.1. The average Bonchev–Trinajstić information content (AvgIpc) is 2.48. The Morgan fingerprint density at radius 2 is 2.33 bits per heavy atom. The van der Waals surface area contributed by atoms with Gasteiger partial charge in [0.1, 0.15) is 0 Å². The Morgan fingerprint density at radius 3 is 3.10 bits per heavy atom. The molecule has 0 amide bonds. The van der Waals surface area contributed by atoms with E-state index < -0.39 is 0 Å².